The Kier molecular flexibility index (Phi) is 4.51. The molecular formula is C12H13BrN4O2. The van der Waals surface area contributed by atoms with Crippen LogP contribution >= 0.6 is 15.9 Å². The van der Waals surface area contributed by atoms with Crippen molar-refractivity contribution in [3.8, 4) is 5.75 Å². The number of aromatic amines is 1. The Hall–Kier alpha value is -1.89. The fraction of sp³-hybridized carbons (Fsp3) is 0.250. The number of carbonyl (C=O) groups excluding carboxylic acids is 1. The van der Waals surface area contributed by atoms with Crippen LogP contribution in [0, 0.1) is 0 Å². The van der Waals surface area contributed by atoms with E-state index in [1.54, 1.807) is 25.3 Å². The maximum atomic E-state index is 12.0. The standard InChI is InChI=1S/C12H13BrN4O2/c1-19-8-2-3-10(13)9(6-8)12(18)14-5-4-11-15-7-16-17-11/h2-3,6-7H,4-5H2,1H3,(H,14,18)(H,15,16,17). The number of nitrogens with one attached hydrogen (secondary N) is 2. The van der Waals surface area contributed by atoms with Crippen LogP contribution < -0.4 is 10.1 Å². The molecule has 0 aliphatic heterocycles. The molecule has 0 saturated heterocycles. The summed E-state index contributed by atoms with van der Waals surface area (Å²) in [5.41, 5.74) is 0.539. The lowest BCUT2D eigenvalue weighted by atomic mass is 10.2. The second-order valence-electron chi connectivity index (χ2n) is 3.78. The van der Waals surface area contributed by atoms with E-state index in [-0.39, 0.29) is 5.91 Å². The number of rotatable bonds is 5. The van der Waals surface area contributed by atoms with Crippen molar-refractivity contribution in [3.63, 3.8) is 0 Å². The highest BCUT2D eigenvalue weighted by Crippen LogP contribution is 2.22. The van der Waals surface area contributed by atoms with E-state index in [1.165, 1.54) is 6.33 Å². The van der Waals surface area contributed by atoms with Gasteiger partial charge in [-0.3, -0.25) is 9.89 Å². The third kappa shape index (κ3) is 3.54. The largest absolute Gasteiger partial charge is 0.497 e. The smallest absolute Gasteiger partial charge is 0.252 e. The van der Waals surface area contributed by atoms with Gasteiger partial charge in [-0.05, 0) is 34.1 Å². The van der Waals surface area contributed by atoms with Crippen molar-refractivity contribution in [2.45, 2.75) is 6.42 Å². The predicted octanol–water partition coefficient (Wildman–Crippen LogP) is 1.55. The van der Waals surface area contributed by atoms with Gasteiger partial charge < -0.3 is 10.1 Å². The van der Waals surface area contributed by atoms with Crippen LogP contribution in [-0.4, -0.2) is 34.7 Å². The number of hydrogen-bond acceptors (Lipinski definition) is 4. The van der Waals surface area contributed by atoms with Crippen molar-refractivity contribution in [1.29, 1.82) is 0 Å². The Balaban J connectivity index is 1.95. The Morgan fingerprint density at radius 1 is 1.53 bits per heavy atom. The Morgan fingerprint density at radius 2 is 2.37 bits per heavy atom. The van der Waals surface area contributed by atoms with Crippen LogP contribution in [0.3, 0.4) is 0 Å². The van der Waals surface area contributed by atoms with E-state index in [0.29, 0.717) is 24.3 Å². The van der Waals surface area contributed by atoms with Gasteiger partial charge in [-0.25, -0.2) is 4.98 Å². The molecule has 1 aromatic heterocycles. The zero-order valence-electron chi connectivity index (χ0n) is 10.3. The third-order valence-corrected chi connectivity index (χ3v) is 3.22. The van der Waals surface area contributed by atoms with Crippen molar-refractivity contribution in [2.24, 2.45) is 0 Å². The first-order chi connectivity index (χ1) is 9.20. The molecule has 0 atom stereocenters. The number of ether oxygens (including phenoxy) is 1. The van der Waals surface area contributed by atoms with Gasteiger partial charge in [-0.15, -0.1) is 0 Å². The van der Waals surface area contributed by atoms with Crippen LogP contribution in [0.4, 0.5) is 0 Å². The van der Waals surface area contributed by atoms with E-state index < -0.39 is 0 Å². The van der Waals surface area contributed by atoms with Crippen LogP contribution in [0.1, 0.15) is 16.2 Å². The first-order valence-electron chi connectivity index (χ1n) is 5.66. The molecule has 0 aliphatic rings. The first-order valence-corrected chi connectivity index (χ1v) is 6.46. The summed E-state index contributed by atoms with van der Waals surface area (Å²) in [6.07, 6.45) is 2.04. The number of amides is 1. The lowest BCUT2D eigenvalue weighted by molar-refractivity contribution is 0.0953. The molecule has 0 unspecified atom stereocenters. The zero-order valence-corrected chi connectivity index (χ0v) is 11.9. The van der Waals surface area contributed by atoms with E-state index in [9.17, 15) is 4.79 Å². The molecule has 7 heteroatoms. The summed E-state index contributed by atoms with van der Waals surface area (Å²) in [6.45, 7) is 0.484. The molecule has 0 saturated carbocycles. The maximum Gasteiger partial charge on any atom is 0.252 e. The first kappa shape index (κ1) is 13.5. The Bertz CT molecular complexity index is 557. The quantitative estimate of drug-likeness (QED) is 0.874. The SMILES string of the molecule is COc1ccc(Br)c(C(=O)NCCc2ncn[nH]2)c1. The van der Waals surface area contributed by atoms with Crippen LogP contribution in [-0.2, 0) is 6.42 Å². The van der Waals surface area contributed by atoms with Gasteiger partial charge in [0.05, 0.1) is 12.7 Å². The van der Waals surface area contributed by atoms with Crippen molar-refractivity contribution in [3.05, 3.63) is 40.4 Å². The number of benzene rings is 1. The fourth-order valence-electron chi connectivity index (χ4n) is 1.55. The average Bonchev–Trinajstić information content (AvgIpc) is 2.92. The molecule has 100 valence electrons. The van der Waals surface area contributed by atoms with Gasteiger partial charge in [0.1, 0.15) is 17.9 Å². The molecule has 1 heterocycles. The average molecular weight is 325 g/mol. The molecular weight excluding hydrogens is 312 g/mol. The lowest BCUT2D eigenvalue weighted by Crippen LogP contribution is -2.26. The third-order valence-electron chi connectivity index (χ3n) is 2.53. The molecule has 2 N–H and O–H groups in total. The number of aromatic nitrogens is 3. The summed E-state index contributed by atoms with van der Waals surface area (Å²) in [7, 11) is 1.56. The van der Waals surface area contributed by atoms with E-state index in [2.05, 4.69) is 36.4 Å². The summed E-state index contributed by atoms with van der Waals surface area (Å²) < 4.78 is 5.83. The fourth-order valence-corrected chi connectivity index (χ4v) is 1.97. The van der Waals surface area contributed by atoms with Crippen molar-refractivity contribution < 1.29 is 9.53 Å². The molecule has 0 radical (unpaired) electrons. The molecule has 19 heavy (non-hydrogen) atoms. The predicted molar refractivity (Wildman–Crippen MR) is 73.1 cm³/mol. The summed E-state index contributed by atoms with van der Waals surface area (Å²) in [6, 6.07) is 5.26. The van der Waals surface area contributed by atoms with E-state index in [1.807, 2.05) is 0 Å². The molecule has 0 aliphatic carbocycles. The van der Waals surface area contributed by atoms with Crippen LogP contribution in [0.2, 0.25) is 0 Å². The lowest BCUT2D eigenvalue weighted by Gasteiger charge is -2.08. The van der Waals surface area contributed by atoms with Crippen LogP contribution in [0.5, 0.6) is 5.75 Å². The van der Waals surface area contributed by atoms with Gasteiger partial charge in [0.15, 0.2) is 0 Å². The van der Waals surface area contributed by atoms with Crippen molar-refractivity contribution in [2.75, 3.05) is 13.7 Å². The summed E-state index contributed by atoms with van der Waals surface area (Å²) in [5.74, 6) is 1.22. The summed E-state index contributed by atoms with van der Waals surface area (Å²) in [4.78, 5) is 16.0. The highest BCUT2D eigenvalue weighted by atomic mass is 79.9. The number of carbonyl (C=O) groups is 1. The molecule has 2 aromatic rings. The molecule has 0 fully saturated rings. The normalized spacial score (nSPS) is 10.2. The summed E-state index contributed by atoms with van der Waals surface area (Å²) >= 11 is 3.35. The second-order valence-corrected chi connectivity index (χ2v) is 4.64. The number of H-pyrrole nitrogens is 1. The Labute approximate surface area is 118 Å². The maximum absolute atomic E-state index is 12.0. The van der Waals surface area contributed by atoms with Gasteiger partial charge in [0.25, 0.3) is 5.91 Å². The minimum Gasteiger partial charge on any atom is -0.497 e. The van der Waals surface area contributed by atoms with Gasteiger partial charge in [0, 0.05) is 17.4 Å². The van der Waals surface area contributed by atoms with Gasteiger partial charge in [0.2, 0.25) is 0 Å². The number of hydrogen-bond donors (Lipinski definition) is 2. The minimum absolute atomic E-state index is 0.162. The van der Waals surface area contributed by atoms with Crippen molar-refractivity contribution >= 4 is 21.8 Å². The summed E-state index contributed by atoms with van der Waals surface area (Å²) in [5, 5.41) is 9.30. The molecule has 0 spiro atoms. The number of methoxy groups -OCH3 is 1. The van der Waals surface area contributed by atoms with Gasteiger partial charge in [-0.2, -0.15) is 5.10 Å². The molecule has 1 amide bonds. The highest BCUT2D eigenvalue weighted by Gasteiger charge is 2.11. The van der Waals surface area contributed by atoms with Crippen molar-refractivity contribution in [1.82, 2.24) is 20.5 Å². The van der Waals surface area contributed by atoms with Gasteiger partial charge >= 0.3 is 0 Å². The second kappa shape index (κ2) is 6.33. The van der Waals surface area contributed by atoms with Crippen LogP contribution in [0.15, 0.2) is 29.0 Å². The monoisotopic (exact) mass is 324 g/mol. The topological polar surface area (TPSA) is 79.9 Å². The minimum atomic E-state index is -0.162. The highest BCUT2D eigenvalue weighted by molar-refractivity contribution is 9.10. The Morgan fingerprint density at radius 3 is 3.05 bits per heavy atom. The molecule has 1 aromatic carbocycles. The zero-order chi connectivity index (χ0) is 13.7. The van der Waals surface area contributed by atoms with E-state index in [4.69, 9.17) is 4.74 Å². The van der Waals surface area contributed by atoms with Gasteiger partial charge in [-0.1, -0.05) is 0 Å². The molecule has 0 bridgehead atoms. The molecule has 6 nitrogen and oxygen atoms in total. The van der Waals surface area contributed by atoms with E-state index in [0.717, 1.165) is 10.3 Å². The number of halogens is 1. The van der Waals surface area contributed by atoms with E-state index >= 15 is 0 Å². The molecule has 2 rings (SSSR count). The van der Waals surface area contributed by atoms with Crippen LogP contribution in [0.25, 0.3) is 0 Å². The number of nitrogens with zero attached hydrogens (tertiary/aromatic N) is 2.